The molecule has 0 saturated carbocycles. The summed E-state index contributed by atoms with van der Waals surface area (Å²) in [4.78, 5) is 16.7. The zero-order valence-electron chi connectivity index (χ0n) is 9.60. The van der Waals surface area contributed by atoms with Crippen molar-refractivity contribution in [2.45, 2.75) is 41.0 Å². The van der Waals surface area contributed by atoms with Crippen LogP contribution in [0.25, 0.3) is 0 Å². The Morgan fingerprint density at radius 3 is 1.36 bits per heavy atom. The second-order valence-corrected chi connectivity index (χ2v) is 3.88. The van der Waals surface area contributed by atoms with Crippen LogP contribution in [-0.2, 0) is 9.59 Å². The molecule has 82 valence electrons. The zero-order valence-corrected chi connectivity index (χ0v) is 9.60. The molecular formula is C10H20N2O2. The fraction of sp³-hybridized carbons (Fsp3) is 0.800. The second kappa shape index (κ2) is 11.8. The standard InChI is InChI=1S/C8H18.2CHNO/c1-6-7(2)8(3,4)5;2*2-1-3/h7H,6H2,1-5H3;2*2H. The van der Waals surface area contributed by atoms with E-state index in [1.807, 2.05) is 0 Å². The third-order valence-corrected chi connectivity index (χ3v) is 2.09. The van der Waals surface area contributed by atoms with Gasteiger partial charge in [-0.3, -0.25) is 0 Å². The maximum atomic E-state index is 8.35. The van der Waals surface area contributed by atoms with Crippen molar-refractivity contribution in [1.82, 2.24) is 0 Å². The van der Waals surface area contributed by atoms with Crippen LogP contribution >= 0.6 is 0 Å². The molecule has 0 spiro atoms. The van der Waals surface area contributed by atoms with E-state index in [-0.39, 0.29) is 0 Å². The molecule has 1 atom stereocenters. The first kappa shape index (κ1) is 18.5. The van der Waals surface area contributed by atoms with Crippen LogP contribution in [0.4, 0.5) is 0 Å². The van der Waals surface area contributed by atoms with Crippen molar-refractivity contribution in [1.29, 1.82) is 10.8 Å². The molecule has 0 saturated heterocycles. The van der Waals surface area contributed by atoms with Gasteiger partial charge in [-0.1, -0.05) is 41.0 Å². The lowest BCUT2D eigenvalue weighted by molar-refractivity contribution is 0.254. The highest BCUT2D eigenvalue weighted by atomic mass is 16.1. The van der Waals surface area contributed by atoms with Crippen molar-refractivity contribution in [3.05, 3.63) is 0 Å². The van der Waals surface area contributed by atoms with Gasteiger partial charge in [0, 0.05) is 0 Å². The normalized spacial score (nSPS) is 10.4. The Bertz CT molecular complexity index is 171. The monoisotopic (exact) mass is 200 g/mol. The maximum Gasteiger partial charge on any atom is 0.231 e. The number of hydrogen-bond acceptors (Lipinski definition) is 4. The Morgan fingerprint density at radius 1 is 1.14 bits per heavy atom. The minimum atomic E-state index is 0.509. The molecule has 0 fully saturated rings. The lowest BCUT2D eigenvalue weighted by Crippen LogP contribution is -2.15. The zero-order chi connectivity index (χ0) is 12.2. The van der Waals surface area contributed by atoms with Gasteiger partial charge in [0.25, 0.3) is 0 Å². The van der Waals surface area contributed by atoms with Gasteiger partial charge in [-0.15, -0.1) is 0 Å². The number of isocyanates is 2. The highest BCUT2D eigenvalue weighted by Gasteiger charge is 2.16. The van der Waals surface area contributed by atoms with Crippen LogP contribution < -0.4 is 0 Å². The predicted molar refractivity (Wildman–Crippen MR) is 55.7 cm³/mol. The van der Waals surface area contributed by atoms with Crippen LogP contribution in [-0.4, -0.2) is 12.2 Å². The number of hydrogen-bond donors (Lipinski definition) is 2. The van der Waals surface area contributed by atoms with E-state index in [4.69, 9.17) is 20.4 Å². The summed E-state index contributed by atoms with van der Waals surface area (Å²) in [6, 6.07) is 0. The summed E-state index contributed by atoms with van der Waals surface area (Å²) in [5.41, 5.74) is 0.509. The van der Waals surface area contributed by atoms with Gasteiger partial charge in [-0.05, 0) is 11.3 Å². The Balaban J connectivity index is -0.000000168. The molecule has 2 N–H and O–H groups in total. The van der Waals surface area contributed by atoms with Crippen LogP contribution in [0.2, 0.25) is 0 Å². The summed E-state index contributed by atoms with van der Waals surface area (Å²) < 4.78 is 0. The highest BCUT2D eigenvalue weighted by Crippen LogP contribution is 2.27. The molecule has 0 heterocycles. The van der Waals surface area contributed by atoms with Crippen LogP contribution in [0.1, 0.15) is 41.0 Å². The topological polar surface area (TPSA) is 81.8 Å². The van der Waals surface area contributed by atoms with E-state index in [1.165, 1.54) is 6.42 Å². The number of nitrogens with one attached hydrogen (secondary N) is 2. The molecule has 0 aliphatic rings. The number of rotatable bonds is 1. The largest absolute Gasteiger partial charge is 0.231 e. The average molecular weight is 200 g/mol. The lowest BCUT2D eigenvalue weighted by atomic mass is 9.81. The summed E-state index contributed by atoms with van der Waals surface area (Å²) in [5, 5.41) is 10.8. The van der Waals surface area contributed by atoms with Crippen LogP contribution in [0.15, 0.2) is 0 Å². The van der Waals surface area contributed by atoms with Gasteiger partial charge >= 0.3 is 0 Å². The predicted octanol–water partition coefficient (Wildman–Crippen LogP) is 2.88. The van der Waals surface area contributed by atoms with Crippen molar-refractivity contribution >= 4 is 12.2 Å². The quantitative estimate of drug-likeness (QED) is 0.504. The maximum absolute atomic E-state index is 8.35. The first-order chi connectivity index (χ1) is 6.31. The van der Waals surface area contributed by atoms with Gasteiger partial charge in [0.15, 0.2) is 0 Å². The van der Waals surface area contributed by atoms with E-state index in [9.17, 15) is 0 Å². The molecule has 0 aromatic heterocycles. The Morgan fingerprint density at radius 2 is 1.36 bits per heavy atom. The minimum absolute atomic E-state index is 0.509. The van der Waals surface area contributed by atoms with Crippen LogP contribution in [0.3, 0.4) is 0 Å². The average Bonchev–Trinajstić information content (AvgIpc) is 2.04. The molecule has 4 heteroatoms. The van der Waals surface area contributed by atoms with E-state index in [1.54, 1.807) is 0 Å². The summed E-state index contributed by atoms with van der Waals surface area (Å²) in [7, 11) is 0. The van der Waals surface area contributed by atoms with E-state index in [0.717, 1.165) is 18.1 Å². The molecule has 0 aliphatic heterocycles. The van der Waals surface area contributed by atoms with Crippen molar-refractivity contribution in [3.8, 4) is 0 Å². The summed E-state index contributed by atoms with van der Waals surface area (Å²) >= 11 is 0. The molecule has 4 nitrogen and oxygen atoms in total. The Kier molecular flexibility index (Phi) is 15.6. The van der Waals surface area contributed by atoms with Gasteiger partial charge in [-0.2, -0.15) is 0 Å². The molecule has 0 bridgehead atoms. The summed E-state index contributed by atoms with van der Waals surface area (Å²) in [6.45, 7) is 11.4. The van der Waals surface area contributed by atoms with Gasteiger partial charge in [0.2, 0.25) is 12.2 Å². The third-order valence-electron chi connectivity index (χ3n) is 2.09. The summed E-state index contributed by atoms with van der Waals surface area (Å²) in [5.74, 6) is 0.850. The SMILES string of the molecule is CCC(C)C(C)(C)C.N=C=O.N=C=O. The van der Waals surface area contributed by atoms with Gasteiger partial charge in [0.05, 0.1) is 0 Å². The van der Waals surface area contributed by atoms with Gasteiger partial charge < -0.3 is 0 Å². The van der Waals surface area contributed by atoms with Gasteiger partial charge in [0.1, 0.15) is 0 Å². The van der Waals surface area contributed by atoms with E-state index in [2.05, 4.69) is 34.6 Å². The second-order valence-electron chi connectivity index (χ2n) is 3.88. The van der Waals surface area contributed by atoms with Crippen molar-refractivity contribution in [3.63, 3.8) is 0 Å². The third kappa shape index (κ3) is 22.4. The van der Waals surface area contributed by atoms with E-state index < -0.39 is 0 Å². The van der Waals surface area contributed by atoms with Crippen molar-refractivity contribution in [2.75, 3.05) is 0 Å². The summed E-state index contributed by atoms with van der Waals surface area (Å²) in [6.07, 6.45) is 2.80. The van der Waals surface area contributed by atoms with E-state index >= 15 is 0 Å². The Labute approximate surface area is 85.7 Å². The Hall–Kier alpha value is -1.24. The first-order valence-corrected chi connectivity index (χ1v) is 4.39. The molecule has 14 heavy (non-hydrogen) atoms. The van der Waals surface area contributed by atoms with Crippen molar-refractivity contribution < 1.29 is 9.59 Å². The molecule has 0 aromatic rings. The minimum Gasteiger partial charge on any atom is -0.222 e. The lowest BCUT2D eigenvalue weighted by Gasteiger charge is -2.25. The van der Waals surface area contributed by atoms with E-state index in [0.29, 0.717) is 5.41 Å². The smallest absolute Gasteiger partial charge is 0.222 e. The molecule has 0 aliphatic carbocycles. The molecular weight excluding hydrogens is 180 g/mol. The molecule has 0 radical (unpaired) electrons. The highest BCUT2D eigenvalue weighted by molar-refractivity contribution is 5.26. The molecule has 1 unspecified atom stereocenters. The molecule has 0 aromatic carbocycles. The number of carbonyl (C=O) groups excluding carboxylic acids is 2. The van der Waals surface area contributed by atoms with Gasteiger partial charge in [-0.25, -0.2) is 20.4 Å². The molecule has 0 amide bonds. The fourth-order valence-electron chi connectivity index (χ4n) is 0.612. The van der Waals surface area contributed by atoms with Crippen molar-refractivity contribution in [2.24, 2.45) is 11.3 Å². The fourth-order valence-corrected chi connectivity index (χ4v) is 0.612. The molecule has 0 rings (SSSR count). The first-order valence-electron chi connectivity index (χ1n) is 4.39. The van der Waals surface area contributed by atoms with Crippen LogP contribution in [0, 0.1) is 22.2 Å². The van der Waals surface area contributed by atoms with Crippen LogP contribution in [0.5, 0.6) is 0 Å².